The average Bonchev–Trinajstić information content (AvgIpc) is 3.17. The number of phosphoric acid groups is 1. The van der Waals surface area contributed by atoms with Crippen molar-refractivity contribution in [2.75, 3.05) is 13.2 Å². The minimum Gasteiger partial charge on any atom is -0.462 e. The molecule has 0 radical (unpaired) electrons. The quantitative estimate of drug-likeness (QED) is 0.0354. The van der Waals surface area contributed by atoms with Crippen LogP contribution in [0.1, 0.15) is 271 Å². The minimum atomic E-state index is -4.75. The smallest absolute Gasteiger partial charge is 0.462 e. The Morgan fingerprint density at radius 3 is 0.911 bits per heavy atom. The van der Waals surface area contributed by atoms with Gasteiger partial charge in [-0.15, -0.1) is 0 Å². The molecule has 0 aliphatic heterocycles. The maximum Gasteiger partial charge on any atom is 0.469 e. The van der Waals surface area contributed by atoms with Crippen molar-refractivity contribution in [1.82, 2.24) is 0 Å². The molecule has 0 amide bonds. The molecule has 2 N–H and O–H groups in total. The van der Waals surface area contributed by atoms with E-state index in [1.807, 2.05) is 0 Å². The lowest BCUT2D eigenvalue weighted by Gasteiger charge is -2.18. The van der Waals surface area contributed by atoms with Gasteiger partial charge >= 0.3 is 19.8 Å². The van der Waals surface area contributed by atoms with E-state index in [2.05, 4.69) is 18.4 Å². The Morgan fingerprint density at radius 1 is 0.393 bits per heavy atom. The molecule has 0 unspecified atom stereocenters. The van der Waals surface area contributed by atoms with Crippen LogP contribution in [0.3, 0.4) is 0 Å². The van der Waals surface area contributed by atoms with Crippen molar-refractivity contribution in [2.24, 2.45) is 0 Å². The fourth-order valence-corrected chi connectivity index (χ4v) is 7.86. The first-order chi connectivity index (χ1) is 27.3. The number of rotatable bonds is 46. The summed E-state index contributed by atoms with van der Waals surface area (Å²) in [5.74, 6) is -0.862. The molecule has 56 heavy (non-hydrogen) atoms. The van der Waals surface area contributed by atoms with Crippen molar-refractivity contribution in [3.8, 4) is 0 Å². The van der Waals surface area contributed by atoms with Gasteiger partial charge in [0, 0.05) is 12.8 Å². The zero-order chi connectivity index (χ0) is 41.1. The van der Waals surface area contributed by atoms with Crippen LogP contribution in [0.4, 0.5) is 0 Å². The SMILES string of the molecule is CCCCCCCCCCCCCCCCCCCCCCCCC(=O)OC[C@H](COP(=O)(O)O)OC(=O)CCCCCCCCCCCCCCCCCC. The van der Waals surface area contributed by atoms with Crippen molar-refractivity contribution in [3.63, 3.8) is 0 Å². The maximum absolute atomic E-state index is 12.4. The fraction of sp³-hybridized carbons (Fsp3) is 0.957. The van der Waals surface area contributed by atoms with E-state index in [1.54, 1.807) is 0 Å². The molecule has 0 aromatic carbocycles. The van der Waals surface area contributed by atoms with Crippen molar-refractivity contribution < 1.29 is 37.9 Å². The molecule has 0 aromatic heterocycles. The molecule has 334 valence electrons. The molecular formula is C47H93O8P. The second-order valence-electron chi connectivity index (χ2n) is 16.8. The zero-order valence-corrected chi connectivity index (χ0v) is 38.0. The third-order valence-electron chi connectivity index (χ3n) is 11.1. The van der Waals surface area contributed by atoms with E-state index in [0.29, 0.717) is 6.42 Å². The van der Waals surface area contributed by atoms with Gasteiger partial charge in [0.15, 0.2) is 6.10 Å². The number of carbonyl (C=O) groups is 2. The fourth-order valence-electron chi connectivity index (χ4n) is 7.49. The predicted molar refractivity (Wildman–Crippen MR) is 235 cm³/mol. The standard InChI is InChI=1S/C47H93O8P/c1-3-5-7-9-11-13-15-17-19-21-22-23-24-25-26-28-29-31-33-35-37-39-41-46(48)53-43-45(44-54-56(50,51)52)55-47(49)42-40-38-36-34-32-30-27-20-18-16-14-12-10-8-6-4-2/h45H,3-44H2,1-2H3,(H2,50,51,52)/t45-/m1/s1. The van der Waals surface area contributed by atoms with Crippen LogP contribution in [0.2, 0.25) is 0 Å². The van der Waals surface area contributed by atoms with Gasteiger partial charge in [0.1, 0.15) is 6.61 Å². The van der Waals surface area contributed by atoms with Crippen LogP contribution in [0, 0.1) is 0 Å². The summed E-state index contributed by atoms with van der Waals surface area (Å²) in [5.41, 5.74) is 0. The molecular weight excluding hydrogens is 723 g/mol. The summed E-state index contributed by atoms with van der Waals surface area (Å²) in [6.07, 6.45) is 48.3. The second-order valence-corrected chi connectivity index (χ2v) is 18.0. The van der Waals surface area contributed by atoms with Crippen LogP contribution in [0.5, 0.6) is 0 Å². The van der Waals surface area contributed by atoms with Crippen molar-refractivity contribution in [2.45, 2.75) is 277 Å². The highest BCUT2D eigenvalue weighted by Gasteiger charge is 2.23. The summed E-state index contributed by atoms with van der Waals surface area (Å²) >= 11 is 0. The first-order valence-electron chi connectivity index (χ1n) is 24.3. The van der Waals surface area contributed by atoms with Crippen LogP contribution in [0.15, 0.2) is 0 Å². The lowest BCUT2D eigenvalue weighted by atomic mass is 10.0. The van der Waals surface area contributed by atoms with Gasteiger partial charge in [-0.3, -0.25) is 14.1 Å². The molecule has 0 heterocycles. The Hall–Kier alpha value is -0.950. The number of ether oxygens (including phenoxy) is 2. The number of hydrogen-bond donors (Lipinski definition) is 2. The van der Waals surface area contributed by atoms with Crippen molar-refractivity contribution in [3.05, 3.63) is 0 Å². The van der Waals surface area contributed by atoms with Crippen molar-refractivity contribution in [1.29, 1.82) is 0 Å². The number of hydrogen-bond acceptors (Lipinski definition) is 6. The van der Waals surface area contributed by atoms with Crippen molar-refractivity contribution >= 4 is 19.8 Å². The van der Waals surface area contributed by atoms with E-state index in [0.717, 1.165) is 32.1 Å². The van der Waals surface area contributed by atoms with Gasteiger partial charge in [0.2, 0.25) is 0 Å². The molecule has 0 spiro atoms. The zero-order valence-electron chi connectivity index (χ0n) is 37.1. The highest BCUT2D eigenvalue weighted by molar-refractivity contribution is 7.46. The maximum atomic E-state index is 12.4. The highest BCUT2D eigenvalue weighted by atomic mass is 31.2. The van der Waals surface area contributed by atoms with Gasteiger partial charge in [-0.2, -0.15) is 0 Å². The molecule has 0 saturated carbocycles. The Kier molecular flexibility index (Phi) is 42.9. The number of carbonyl (C=O) groups excluding carboxylic acids is 2. The van der Waals surface area contributed by atoms with E-state index < -0.39 is 32.5 Å². The summed E-state index contributed by atoms with van der Waals surface area (Å²) in [6.45, 7) is 3.74. The summed E-state index contributed by atoms with van der Waals surface area (Å²) in [5, 5.41) is 0. The minimum absolute atomic E-state index is 0.221. The number of esters is 2. The van der Waals surface area contributed by atoms with Crippen LogP contribution < -0.4 is 0 Å². The molecule has 1 atom stereocenters. The summed E-state index contributed by atoms with van der Waals surface area (Å²) in [7, 11) is -4.75. The van der Waals surface area contributed by atoms with E-state index in [4.69, 9.17) is 19.3 Å². The van der Waals surface area contributed by atoms with Gasteiger partial charge < -0.3 is 19.3 Å². The Balaban J connectivity index is 3.76. The third kappa shape index (κ3) is 45.7. The molecule has 8 nitrogen and oxygen atoms in total. The lowest BCUT2D eigenvalue weighted by Crippen LogP contribution is -2.29. The van der Waals surface area contributed by atoms with E-state index >= 15 is 0 Å². The second kappa shape index (κ2) is 43.6. The Bertz CT molecular complexity index is 878. The van der Waals surface area contributed by atoms with Gasteiger partial charge in [0.25, 0.3) is 0 Å². The molecule has 0 saturated heterocycles. The van der Waals surface area contributed by atoms with Gasteiger partial charge in [-0.25, -0.2) is 4.57 Å². The van der Waals surface area contributed by atoms with E-state index in [9.17, 15) is 14.2 Å². The van der Waals surface area contributed by atoms with Gasteiger partial charge in [0.05, 0.1) is 6.61 Å². The monoisotopic (exact) mass is 817 g/mol. The molecule has 0 bridgehead atoms. The summed E-state index contributed by atoms with van der Waals surface area (Å²) in [4.78, 5) is 43.0. The molecule has 0 fully saturated rings. The molecule has 0 aromatic rings. The Morgan fingerprint density at radius 2 is 0.643 bits per heavy atom. The van der Waals surface area contributed by atoms with Crippen LogP contribution in [-0.2, 0) is 28.2 Å². The number of phosphoric ester groups is 1. The third-order valence-corrected chi connectivity index (χ3v) is 11.6. The Labute approximate surface area is 346 Å². The normalized spacial score (nSPS) is 12.3. The van der Waals surface area contributed by atoms with Crippen LogP contribution >= 0.6 is 7.82 Å². The lowest BCUT2D eigenvalue weighted by molar-refractivity contribution is -0.161. The first-order valence-corrected chi connectivity index (χ1v) is 25.9. The topological polar surface area (TPSA) is 119 Å². The molecule has 0 aliphatic rings. The number of unbranched alkanes of at least 4 members (excludes halogenated alkanes) is 36. The van der Waals surface area contributed by atoms with Gasteiger partial charge in [-0.1, -0.05) is 245 Å². The largest absolute Gasteiger partial charge is 0.469 e. The van der Waals surface area contributed by atoms with Crippen LogP contribution in [0.25, 0.3) is 0 Å². The highest BCUT2D eigenvalue weighted by Crippen LogP contribution is 2.36. The van der Waals surface area contributed by atoms with E-state index in [1.165, 1.54) is 205 Å². The van der Waals surface area contributed by atoms with Gasteiger partial charge in [-0.05, 0) is 12.8 Å². The summed E-state index contributed by atoms with van der Waals surface area (Å²) < 4.78 is 26.5. The van der Waals surface area contributed by atoms with Crippen LogP contribution in [-0.4, -0.2) is 41.0 Å². The molecule has 9 heteroatoms. The van der Waals surface area contributed by atoms with E-state index in [-0.39, 0.29) is 19.4 Å². The summed E-state index contributed by atoms with van der Waals surface area (Å²) in [6, 6.07) is 0. The average molecular weight is 817 g/mol. The first kappa shape index (κ1) is 55.0. The molecule has 0 aliphatic carbocycles. The molecule has 0 rings (SSSR count). The predicted octanol–water partition coefficient (Wildman–Crippen LogP) is 15.2.